The minimum absolute atomic E-state index is 0.00879. The molecule has 0 N–H and O–H groups in total. The first-order chi connectivity index (χ1) is 29.2. The van der Waals surface area contributed by atoms with Gasteiger partial charge in [-0.05, 0) is 173 Å². The summed E-state index contributed by atoms with van der Waals surface area (Å²) in [5.41, 5.74) is 20.4. The average Bonchev–Trinajstić information content (AvgIpc) is 3.69. The maximum absolute atomic E-state index is 4.84. The van der Waals surface area contributed by atoms with Crippen LogP contribution in [-0.4, -0.2) is 0 Å². The second-order valence-electron chi connectivity index (χ2n) is 18.8. The number of rotatable bonds is 13. The predicted octanol–water partition coefficient (Wildman–Crippen LogP) is 17.1. The van der Waals surface area contributed by atoms with E-state index in [4.69, 9.17) is 6.58 Å². The average molecular weight is 800 g/mol. The summed E-state index contributed by atoms with van der Waals surface area (Å²) in [6.45, 7) is 27.7. The first kappa shape index (κ1) is 43.2. The van der Waals surface area contributed by atoms with Gasteiger partial charge in [0.15, 0.2) is 0 Å². The van der Waals surface area contributed by atoms with E-state index in [1.807, 2.05) is 0 Å². The third-order valence-corrected chi connectivity index (χ3v) is 12.8. The van der Waals surface area contributed by atoms with Gasteiger partial charge in [0.1, 0.15) is 0 Å². The molecule has 0 saturated carbocycles. The lowest BCUT2D eigenvalue weighted by Gasteiger charge is -2.31. The summed E-state index contributed by atoms with van der Waals surface area (Å²) < 4.78 is 0. The zero-order valence-corrected chi connectivity index (χ0v) is 38.4. The number of aryl methyl sites for hydroxylation is 2. The molecule has 1 aliphatic rings. The van der Waals surface area contributed by atoms with Gasteiger partial charge in [-0.15, -0.1) is 0 Å². The highest BCUT2D eigenvalue weighted by atomic mass is 15.1. The predicted molar refractivity (Wildman–Crippen MR) is 269 cm³/mol. The van der Waals surface area contributed by atoms with Crippen molar-refractivity contribution in [1.82, 2.24) is 0 Å². The van der Waals surface area contributed by atoms with Gasteiger partial charge in [0.25, 0.3) is 0 Å². The first-order valence-electron chi connectivity index (χ1n) is 22.3. The normalized spacial score (nSPS) is 12.9. The second kappa shape index (κ2) is 18.0. The van der Waals surface area contributed by atoms with Gasteiger partial charge in [-0.2, -0.15) is 0 Å². The summed E-state index contributed by atoms with van der Waals surface area (Å²) in [6.07, 6.45) is 15.5. The molecular formula is C60H65N. The summed E-state index contributed by atoms with van der Waals surface area (Å²) >= 11 is 0. The van der Waals surface area contributed by atoms with E-state index in [2.05, 4.69) is 226 Å². The minimum Gasteiger partial charge on any atom is -0.311 e. The van der Waals surface area contributed by atoms with Crippen LogP contribution in [0.15, 0.2) is 157 Å². The summed E-state index contributed by atoms with van der Waals surface area (Å²) in [7, 11) is 0. The van der Waals surface area contributed by atoms with E-state index in [1.165, 1.54) is 83.1 Å². The third-order valence-electron chi connectivity index (χ3n) is 12.8. The highest BCUT2D eigenvalue weighted by molar-refractivity contribution is 5.95. The number of allylic oxidation sites excluding steroid dienone is 6. The standard InChI is InChI=1S/C60H65N/c1-12-45(55-29-18-20-31-58(55)59(7,8)9)37-44(6)61(51-34-32-50(33-35-51)60(10,11)57-30-19-13-22-42(57)4)52-38-48(54-28-17-15-24-49(54)39-52)23-14-16-27-53(41(2)3)56-40-47-26-21-25-46(47)36-43(56)5/h13-15,17-24,26,28-40H,6,12,16,25,27H2,1-5,7-11H3/b23-14+,45-37+. The summed E-state index contributed by atoms with van der Waals surface area (Å²) in [5.74, 6) is 0. The van der Waals surface area contributed by atoms with Crippen molar-refractivity contribution in [3.8, 4) is 0 Å². The van der Waals surface area contributed by atoms with Crippen molar-refractivity contribution in [3.63, 3.8) is 0 Å². The number of benzene rings is 6. The Labute approximate surface area is 367 Å². The van der Waals surface area contributed by atoms with E-state index in [0.29, 0.717) is 0 Å². The Morgan fingerprint density at radius 1 is 0.721 bits per heavy atom. The van der Waals surface area contributed by atoms with Gasteiger partial charge < -0.3 is 4.90 Å². The Morgan fingerprint density at radius 3 is 2.11 bits per heavy atom. The number of hydrogen-bond donors (Lipinski definition) is 0. The van der Waals surface area contributed by atoms with E-state index in [9.17, 15) is 0 Å². The molecule has 0 saturated heterocycles. The van der Waals surface area contributed by atoms with Crippen molar-refractivity contribution in [3.05, 3.63) is 213 Å². The van der Waals surface area contributed by atoms with Crippen LogP contribution in [0, 0.1) is 13.8 Å². The van der Waals surface area contributed by atoms with E-state index >= 15 is 0 Å². The Balaban J connectivity index is 1.29. The summed E-state index contributed by atoms with van der Waals surface area (Å²) in [5, 5.41) is 2.45. The van der Waals surface area contributed by atoms with Gasteiger partial charge in [0.05, 0.1) is 0 Å². The molecular weight excluding hydrogens is 735 g/mol. The van der Waals surface area contributed by atoms with Crippen LogP contribution in [0.1, 0.15) is 130 Å². The zero-order chi connectivity index (χ0) is 43.5. The quantitative estimate of drug-likeness (QED) is 0.105. The van der Waals surface area contributed by atoms with Crippen molar-refractivity contribution in [2.75, 3.05) is 4.90 Å². The van der Waals surface area contributed by atoms with Crippen molar-refractivity contribution in [1.29, 1.82) is 0 Å². The molecule has 0 atom stereocenters. The summed E-state index contributed by atoms with van der Waals surface area (Å²) in [6, 6.07) is 45.1. The molecule has 0 fully saturated rings. The molecule has 0 amide bonds. The van der Waals surface area contributed by atoms with Crippen LogP contribution in [0.3, 0.4) is 0 Å². The molecule has 1 aliphatic carbocycles. The van der Waals surface area contributed by atoms with Gasteiger partial charge in [-0.3, -0.25) is 0 Å². The van der Waals surface area contributed by atoms with Crippen LogP contribution >= 0.6 is 0 Å². The van der Waals surface area contributed by atoms with Crippen LogP contribution in [0.25, 0.3) is 34.1 Å². The van der Waals surface area contributed by atoms with Gasteiger partial charge in [-0.25, -0.2) is 0 Å². The number of anilines is 2. The van der Waals surface area contributed by atoms with Crippen molar-refractivity contribution >= 4 is 45.4 Å². The second-order valence-corrected chi connectivity index (χ2v) is 18.8. The monoisotopic (exact) mass is 800 g/mol. The number of hydrogen-bond acceptors (Lipinski definition) is 1. The SMILES string of the molecule is C=C(/C=C(\CC)c1ccccc1C(C)(C)C)N(c1ccc(C(C)(C)c2ccccc2C)cc1)c1cc(/C=C/CCC(=C(C)C)c2cc3c(cc2C)CC=C3)c2ccccc2c1. The molecule has 0 aromatic heterocycles. The lowest BCUT2D eigenvalue weighted by atomic mass is 9.76. The molecule has 61 heavy (non-hydrogen) atoms. The molecule has 0 aliphatic heterocycles. The summed E-state index contributed by atoms with van der Waals surface area (Å²) in [4.78, 5) is 2.36. The number of fused-ring (bicyclic) bond motifs is 2. The van der Waals surface area contributed by atoms with Gasteiger partial charge in [0.2, 0.25) is 0 Å². The molecule has 1 nitrogen and oxygen atoms in total. The minimum atomic E-state index is -0.153. The molecule has 1 heteroatoms. The number of nitrogens with zero attached hydrogens (tertiary/aromatic N) is 1. The largest absolute Gasteiger partial charge is 0.311 e. The van der Waals surface area contributed by atoms with Crippen molar-refractivity contribution < 1.29 is 0 Å². The van der Waals surface area contributed by atoms with E-state index in [-0.39, 0.29) is 10.8 Å². The third kappa shape index (κ3) is 9.23. The lowest BCUT2D eigenvalue weighted by Crippen LogP contribution is -2.21. The molecule has 0 spiro atoms. The van der Waals surface area contributed by atoms with Crippen molar-refractivity contribution in [2.45, 2.75) is 106 Å². The maximum Gasteiger partial charge on any atom is 0.0473 e. The molecule has 0 heterocycles. The van der Waals surface area contributed by atoms with Crippen LogP contribution in [-0.2, 0) is 17.3 Å². The first-order valence-corrected chi connectivity index (χ1v) is 22.3. The Kier molecular flexibility index (Phi) is 12.7. The van der Waals surface area contributed by atoms with Crippen LogP contribution in [0.5, 0.6) is 0 Å². The Morgan fingerprint density at radius 2 is 1.41 bits per heavy atom. The molecule has 6 aromatic rings. The van der Waals surface area contributed by atoms with Crippen molar-refractivity contribution in [2.24, 2.45) is 0 Å². The van der Waals surface area contributed by atoms with E-state index in [1.54, 1.807) is 0 Å². The fourth-order valence-corrected chi connectivity index (χ4v) is 9.43. The molecule has 6 aromatic carbocycles. The van der Waals surface area contributed by atoms with Crippen LogP contribution in [0.2, 0.25) is 0 Å². The van der Waals surface area contributed by atoms with Crippen LogP contribution in [0.4, 0.5) is 11.4 Å². The Bertz CT molecular complexity index is 2700. The van der Waals surface area contributed by atoms with Gasteiger partial charge >= 0.3 is 0 Å². The molecule has 7 rings (SSSR count). The Hall–Kier alpha value is -5.92. The van der Waals surface area contributed by atoms with Crippen LogP contribution < -0.4 is 4.90 Å². The fraction of sp³-hybridized carbons (Fsp3) is 0.267. The highest BCUT2D eigenvalue weighted by Gasteiger charge is 2.26. The highest BCUT2D eigenvalue weighted by Crippen LogP contribution is 2.40. The molecule has 310 valence electrons. The smallest absolute Gasteiger partial charge is 0.0473 e. The fourth-order valence-electron chi connectivity index (χ4n) is 9.43. The van der Waals surface area contributed by atoms with E-state index < -0.39 is 0 Å². The topological polar surface area (TPSA) is 3.24 Å². The molecule has 0 unspecified atom stereocenters. The zero-order valence-electron chi connectivity index (χ0n) is 38.4. The van der Waals surface area contributed by atoms with Gasteiger partial charge in [-0.1, -0.05) is 169 Å². The van der Waals surface area contributed by atoms with Gasteiger partial charge in [0, 0.05) is 22.5 Å². The van der Waals surface area contributed by atoms with E-state index in [0.717, 1.165) is 42.8 Å². The maximum atomic E-state index is 4.84. The molecule has 0 bridgehead atoms. The lowest BCUT2D eigenvalue weighted by molar-refractivity contribution is 0.588. The molecule has 0 radical (unpaired) electrons.